The van der Waals surface area contributed by atoms with Crippen molar-refractivity contribution in [2.75, 3.05) is 31.0 Å². The van der Waals surface area contributed by atoms with Gasteiger partial charge in [0.1, 0.15) is 6.17 Å². The molecule has 3 amide bonds. The largest absolute Gasteiger partial charge is 0.493 e. The number of hydrogen-bond donors (Lipinski definition) is 1. The summed E-state index contributed by atoms with van der Waals surface area (Å²) in [6.07, 6.45) is 2.53. The predicted molar refractivity (Wildman–Crippen MR) is 124 cm³/mol. The molecule has 2 aliphatic rings. The summed E-state index contributed by atoms with van der Waals surface area (Å²) in [5, 5.41) is 2.80. The molecule has 0 spiro atoms. The molecule has 3 aromatic rings. The molecule has 0 fully saturated rings. The highest BCUT2D eigenvalue weighted by atomic mass is 16.5. The van der Waals surface area contributed by atoms with Crippen LogP contribution in [0, 0.1) is 0 Å². The Labute approximate surface area is 195 Å². The molecule has 0 saturated carbocycles. The first-order valence-corrected chi connectivity index (χ1v) is 10.7. The van der Waals surface area contributed by atoms with E-state index in [4.69, 9.17) is 9.47 Å². The molecule has 1 atom stereocenters. The molecule has 2 aromatic carbocycles. The van der Waals surface area contributed by atoms with Gasteiger partial charge in [0.2, 0.25) is 5.91 Å². The maximum absolute atomic E-state index is 13.6. The van der Waals surface area contributed by atoms with E-state index in [-0.39, 0.29) is 30.7 Å². The number of fused-ring (bicyclic) bond motifs is 5. The van der Waals surface area contributed by atoms with E-state index >= 15 is 0 Å². The van der Waals surface area contributed by atoms with Crippen LogP contribution in [0.1, 0.15) is 38.9 Å². The molecule has 1 N–H and O–H groups in total. The first kappa shape index (κ1) is 21.4. The molecule has 9 heteroatoms. The van der Waals surface area contributed by atoms with Crippen molar-refractivity contribution in [2.45, 2.75) is 12.6 Å². The molecular weight excluding hydrogens is 436 g/mol. The van der Waals surface area contributed by atoms with Gasteiger partial charge in [0, 0.05) is 36.6 Å². The Balaban J connectivity index is 1.53. The number of aromatic nitrogens is 1. The molecule has 0 saturated heterocycles. The van der Waals surface area contributed by atoms with Gasteiger partial charge in [-0.25, -0.2) is 0 Å². The normalized spacial score (nSPS) is 16.0. The van der Waals surface area contributed by atoms with Crippen LogP contribution in [-0.4, -0.2) is 48.4 Å². The number of anilines is 2. The van der Waals surface area contributed by atoms with Crippen molar-refractivity contribution >= 4 is 29.1 Å². The second kappa shape index (κ2) is 8.51. The number of methoxy groups -OCH3 is 2. The third-order valence-electron chi connectivity index (χ3n) is 6.03. The lowest BCUT2D eigenvalue weighted by atomic mass is 10.0. The van der Waals surface area contributed by atoms with Gasteiger partial charge < -0.3 is 19.7 Å². The Bertz CT molecular complexity index is 1290. The molecule has 0 radical (unpaired) electrons. The van der Waals surface area contributed by atoms with Crippen LogP contribution in [0.15, 0.2) is 60.9 Å². The van der Waals surface area contributed by atoms with Crippen molar-refractivity contribution in [1.29, 1.82) is 0 Å². The Morgan fingerprint density at radius 1 is 1.00 bits per heavy atom. The van der Waals surface area contributed by atoms with Crippen LogP contribution in [-0.2, 0) is 4.79 Å². The van der Waals surface area contributed by atoms with E-state index in [0.29, 0.717) is 39.6 Å². The van der Waals surface area contributed by atoms with Crippen LogP contribution in [0.25, 0.3) is 0 Å². The summed E-state index contributed by atoms with van der Waals surface area (Å²) in [5.41, 5.74) is 2.52. The Kier molecular flexibility index (Phi) is 5.37. The molecule has 5 rings (SSSR count). The number of hydrogen-bond acceptors (Lipinski definition) is 6. The Morgan fingerprint density at radius 3 is 2.50 bits per heavy atom. The molecule has 0 aliphatic carbocycles. The average Bonchev–Trinajstić information content (AvgIpc) is 3.16. The number of nitrogens with one attached hydrogen (secondary N) is 1. The lowest BCUT2D eigenvalue weighted by Crippen LogP contribution is -2.49. The quantitative estimate of drug-likeness (QED) is 0.609. The van der Waals surface area contributed by atoms with E-state index in [2.05, 4.69) is 10.3 Å². The minimum absolute atomic E-state index is 0.0530. The number of carbonyl (C=O) groups is 3. The fourth-order valence-corrected chi connectivity index (χ4v) is 4.53. The van der Waals surface area contributed by atoms with Gasteiger partial charge in [-0.2, -0.15) is 0 Å². The van der Waals surface area contributed by atoms with E-state index in [9.17, 15) is 14.4 Å². The van der Waals surface area contributed by atoms with Crippen molar-refractivity contribution in [2.24, 2.45) is 0 Å². The van der Waals surface area contributed by atoms with E-state index < -0.39 is 6.17 Å². The first-order chi connectivity index (χ1) is 16.5. The van der Waals surface area contributed by atoms with Crippen molar-refractivity contribution in [3.05, 3.63) is 77.6 Å². The molecule has 172 valence electrons. The molecule has 0 bridgehead atoms. The second-order valence-electron chi connectivity index (χ2n) is 7.86. The minimum atomic E-state index is -0.696. The van der Waals surface area contributed by atoms with E-state index in [1.165, 1.54) is 14.2 Å². The Morgan fingerprint density at radius 2 is 1.76 bits per heavy atom. The smallest absolute Gasteiger partial charge is 0.264 e. The van der Waals surface area contributed by atoms with Crippen LogP contribution >= 0.6 is 0 Å². The number of amides is 3. The van der Waals surface area contributed by atoms with Crippen LogP contribution in [0.3, 0.4) is 0 Å². The second-order valence-corrected chi connectivity index (χ2v) is 7.86. The standard InChI is InChI=1S/C25H22N4O5/c1-33-19-8-7-17-21(22(19)34-2)25(32)29-18-6-4-3-5-16(18)24(31)28(23(17)29)14-11-20(30)27-15-9-12-26-13-10-15/h3-10,12-13,23H,11,14H2,1-2H3,(H,26,27,30). The van der Waals surface area contributed by atoms with Gasteiger partial charge in [0.15, 0.2) is 11.5 Å². The molecule has 1 unspecified atom stereocenters. The van der Waals surface area contributed by atoms with Gasteiger partial charge in [-0.3, -0.25) is 24.3 Å². The van der Waals surface area contributed by atoms with Crippen molar-refractivity contribution in [3.8, 4) is 11.5 Å². The van der Waals surface area contributed by atoms with Crippen LogP contribution in [0.5, 0.6) is 11.5 Å². The van der Waals surface area contributed by atoms with Crippen molar-refractivity contribution in [3.63, 3.8) is 0 Å². The highest BCUT2D eigenvalue weighted by molar-refractivity contribution is 6.18. The third-order valence-corrected chi connectivity index (χ3v) is 6.03. The SMILES string of the molecule is COc1ccc2c(c1OC)C(=O)N1c3ccccc3C(=O)N(CCC(=O)Nc3ccncc3)C21. The molecule has 3 heterocycles. The zero-order chi connectivity index (χ0) is 23.8. The maximum atomic E-state index is 13.6. The van der Waals surface area contributed by atoms with E-state index in [1.807, 2.05) is 0 Å². The molecular formula is C25H22N4O5. The molecule has 1 aromatic heterocycles. The third kappa shape index (κ3) is 3.33. The summed E-state index contributed by atoms with van der Waals surface area (Å²) in [6.45, 7) is 0.117. The minimum Gasteiger partial charge on any atom is -0.493 e. The summed E-state index contributed by atoms with van der Waals surface area (Å²) in [6, 6.07) is 13.8. The number of ether oxygens (including phenoxy) is 2. The van der Waals surface area contributed by atoms with Gasteiger partial charge in [0.25, 0.3) is 11.8 Å². The number of carbonyl (C=O) groups excluding carboxylic acids is 3. The zero-order valence-corrected chi connectivity index (χ0v) is 18.6. The van der Waals surface area contributed by atoms with Gasteiger partial charge >= 0.3 is 0 Å². The molecule has 34 heavy (non-hydrogen) atoms. The summed E-state index contributed by atoms with van der Waals surface area (Å²) >= 11 is 0. The summed E-state index contributed by atoms with van der Waals surface area (Å²) in [5.74, 6) is -0.0377. The Hall–Kier alpha value is -4.40. The van der Waals surface area contributed by atoms with Gasteiger partial charge in [-0.1, -0.05) is 18.2 Å². The fraction of sp³-hybridized carbons (Fsp3) is 0.200. The van der Waals surface area contributed by atoms with E-state index in [0.717, 1.165) is 0 Å². The summed E-state index contributed by atoms with van der Waals surface area (Å²) in [4.78, 5) is 46.8. The monoisotopic (exact) mass is 458 g/mol. The van der Waals surface area contributed by atoms with Crippen LogP contribution in [0.2, 0.25) is 0 Å². The fourth-order valence-electron chi connectivity index (χ4n) is 4.53. The summed E-state index contributed by atoms with van der Waals surface area (Å²) < 4.78 is 10.9. The highest BCUT2D eigenvalue weighted by Crippen LogP contribution is 2.49. The number of pyridine rings is 1. The van der Waals surface area contributed by atoms with Crippen molar-refractivity contribution < 1.29 is 23.9 Å². The number of rotatable bonds is 6. The highest BCUT2D eigenvalue weighted by Gasteiger charge is 2.49. The average molecular weight is 458 g/mol. The summed E-state index contributed by atoms with van der Waals surface area (Å²) in [7, 11) is 2.98. The van der Waals surface area contributed by atoms with Crippen molar-refractivity contribution in [1.82, 2.24) is 9.88 Å². The van der Waals surface area contributed by atoms with Crippen LogP contribution in [0.4, 0.5) is 11.4 Å². The number of para-hydroxylation sites is 1. The molecule has 2 aliphatic heterocycles. The molecule has 9 nitrogen and oxygen atoms in total. The maximum Gasteiger partial charge on any atom is 0.264 e. The first-order valence-electron chi connectivity index (χ1n) is 10.7. The lowest BCUT2D eigenvalue weighted by Gasteiger charge is -2.40. The predicted octanol–water partition coefficient (Wildman–Crippen LogP) is 3.24. The van der Waals surface area contributed by atoms with Gasteiger partial charge in [-0.05, 0) is 30.3 Å². The zero-order valence-electron chi connectivity index (χ0n) is 18.6. The number of benzene rings is 2. The number of nitrogens with zero attached hydrogens (tertiary/aromatic N) is 3. The van der Waals surface area contributed by atoms with Gasteiger partial charge in [0.05, 0.1) is 31.0 Å². The lowest BCUT2D eigenvalue weighted by molar-refractivity contribution is -0.116. The topological polar surface area (TPSA) is 101 Å². The van der Waals surface area contributed by atoms with E-state index in [1.54, 1.807) is 70.7 Å². The van der Waals surface area contributed by atoms with Gasteiger partial charge in [-0.15, -0.1) is 0 Å². The van der Waals surface area contributed by atoms with Crippen LogP contribution < -0.4 is 19.7 Å².